The monoisotopic (exact) mass is 280 g/mol. The molecule has 6 heteroatoms. The lowest BCUT2D eigenvalue weighted by Gasteiger charge is -2.21. The molecule has 0 amide bonds. The van der Waals surface area contributed by atoms with E-state index in [1.54, 1.807) is 16.4 Å². The summed E-state index contributed by atoms with van der Waals surface area (Å²) in [6.45, 7) is 0.797. The van der Waals surface area contributed by atoms with Gasteiger partial charge in [-0.1, -0.05) is 23.9 Å². The highest BCUT2D eigenvalue weighted by Gasteiger charge is 2.24. The van der Waals surface area contributed by atoms with Crippen LogP contribution in [0.5, 0.6) is 0 Å². The van der Waals surface area contributed by atoms with Gasteiger partial charge in [0.05, 0.1) is 0 Å². The Morgan fingerprint density at radius 1 is 1.26 bits per heavy atom. The van der Waals surface area contributed by atoms with Crippen molar-refractivity contribution in [2.75, 3.05) is 12.4 Å². The quantitative estimate of drug-likeness (QED) is 0.680. The Balaban J connectivity index is 1.70. The first-order valence-electron chi connectivity index (χ1n) is 7.00. The molecule has 0 bridgehead atoms. The Kier molecular flexibility index (Phi) is 4.08. The summed E-state index contributed by atoms with van der Waals surface area (Å²) in [6.07, 6.45) is 11.4. The SMILES string of the molecule is Nn1c(S[C@@H]2C=CCCC2)nnc1[C@@H]1CCCCO1. The third kappa shape index (κ3) is 2.95. The second-order valence-electron chi connectivity index (χ2n) is 5.08. The molecule has 2 atom stereocenters. The smallest absolute Gasteiger partial charge is 0.210 e. The predicted molar refractivity (Wildman–Crippen MR) is 75.4 cm³/mol. The molecule has 1 aromatic rings. The normalized spacial score (nSPS) is 27.6. The molecule has 1 saturated heterocycles. The number of nitrogens with two attached hydrogens (primary N) is 1. The Labute approximate surface area is 117 Å². The molecule has 1 aromatic heterocycles. The van der Waals surface area contributed by atoms with Crippen LogP contribution in [0.1, 0.15) is 50.5 Å². The summed E-state index contributed by atoms with van der Waals surface area (Å²) in [5.41, 5.74) is 0. The first-order chi connectivity index (χ1) is 9.34. The van der Waals surface area contributed by atoms with Crippen molar-refractivity contribution in [1.29, 1.82) is 0 Å². The Morgan fingerprint density at radius 2 is 2.21 bits per heavy atom. The fraction of sp³-hybridized carbons (Fsp3) is 0.692. The topological polar surface area (TPSA) is 66.0 Å². The number of hydrogen-bond donors (Lipinski definition) is 1. The van der Waals surface area contributed by atoms with Gasteiger partial charge in [0.1, 0.15) is 6.10 Å². The van der Waals surface area contributed by atoms with Crippen LogP contribution in [0.2, 0.25) is 0 Å². The number of allylic oxidation sites excluding steroid dienone is 1. The summed E-state index contributed by atoms with van der Waals surface area (Å²) >= 11 is 1.70. The van der Waals surface area contributed by atoms with Gasteiger partial charge in [0, 0.05) is 11.9 Å². The van der Waals surface area contributed by atoms with Crippen LogP contribution in [-0.2, 0) is 4.74 Å². The molecule has 0 aromatic carbocycles. The minimum Gasteiger partial charge on any atom is -0.370 e. The van der Waals surface area contributed by atoms with E-state index in [9.17, 15) is 0 Å². The van der Waals surface area contributed by atoms with Gasteiger partial charge in [-0.25, -0.2) is 4.68 Å². The number of nitrogen functional groups attached to an aromatic ring is 1. The summed E-state index contributed by atoms with van der Waals surface area (Å²) in [6, 6.07) is 0. The zero-order chi connectivity index (χ0) is 13.1. The van der Waals surface area contributed by atoms with Gasteiger partial charge in [-0.15, -0.1) is 10.2 Å². The fourth-order valence-corrected chi connectivity index (χ4v) is 3.59. The molecule has 0 unspecified atom stereocenters. The number of thioether (sulfide) groups is 1. The van der Waals surface area contributed by atoms with Crippen LogP contribution in [-0.4, -0.2) is 26.7 Å². The molecule has 0 radical (unpaired) electrons. The van der Waals surface area contributed by atoms with Crippen molar-refractivity contribution in [2.24, 2.45) is 0 Å². The van der Waals surface area contributed by atoms with Crippen molar-refractivity contribution in [2.45, 2.75) is 55.0 Å². The van der Waals surface area contributed by atoms with E-state index in [0.717, 1.165) is 30.4 Å². The summed E-state index contributed by atoms with van der Waals surface area (Å²) in [4.78, 5) is 0. The predicted octanol–water partition coefficient (Wildman–Crippen LogP) is 2.43. The molecule has 19 heavy (non-hydrogen) atoms. The summed E-state index contributed by atoms with van der Waals surface area (Å²) in [5, 5.41) is 9.71. The van der Waals surface area contributed by atoms with E-state index in [0.29, 0.717) is 5.25 Å². The molecule has 1 fully saturated rings. The summed E-state index contributed by atoms with van der Waals surface area (Å²) in [7, 11) is 0. The van der Waals surface area contributed by atoms with Crippen LogP contribution in [0.15, 0.2) is 17.3 Å². The average Bonchev–Trinajstić information content (AvgIpc) is 2.82. The fourth-order valence-electron chi connectivity index (χ4n) is 2.55. The molecule has 2 aliphatic rings. The van der Waals surface area contributed by atoms with Crippen LogP contribution in [0.4, 0.5) is 0 Å². The lowest BCUT2D eigenvalue weighted by Crippen LogP contribution is -2.21. The van der Waals surface area contributed by atoms with Crippen LogP contribution in [0, 0.1) is 0 Å². The van der Waals surface area contributed by atoms with Gasteiger partial charge in [0.25, 0.3) is 0 Å². The molecule has 5 nitrogen and oxygen atoms in total. The highest BCUT2D eigenvalue weighted by molar-refractivity contribution is 7.99. The van der Waals surface area contributed by atoms with E-state index in [-0.39, 0.29) is 6.10 Å². The van der Waals surface area contributed by atoms with Gasteiger partial charge in [-0.2, -0.15) is 0 Å². The van der Waals surface area contributed by atoms with E-state index in [1.165, 1.54) is 25.7 Å². The van der Waals surface area contributed by atoms with Gasteiger partial charge < -0.3 is 10.6 Å². The number of aromatic nitrogens is 3. The second kappa shape index (κ2) is 5.96. The van der Waals surface area contributed by atoms with E-state index in [1.807, 2.05) is 0 Å². The standard InChI is InChI=1S/C13H20N4OS/c14-17-12(11-8-4-5-9-18-11)15-16-13(17)19-10-6-2-1-3-7-10/h2,6,10-11H,1,3-5,7-9,14H2/t10-,11+/m1/s1. The molecule has 0 spiro atoms. The van der Waals surface area contributed by atoms with Crippen molar-refractivity contribution in [3.05, 3.63) is 18.0 Å². The summed E-state index contributed by atoms with van der Waals surface area (Å²) in [5.74, 6) is 6.88. The zero-order valence-corrected chi connectivity index (χ0v) is 11.8. The van der Waals surface area contributed by atoms with Gasteiger partial charge in [0.2, 0.25) is 5.16 Å². The number of rotatable bonds is 3. The number of ether oxygens (including phenoxy) is 1. The molecule has 1 aliphatic heterocycles. The van der Waals surface area contributed by atoms with Crippen molar-refractivity contribution in [3.63, 3.8) is 0 Å². The van der Waals surface area contributed by atoms with E-state index in [4.69, 9.17) is 10.6 Å². The van der Waals surface area contributed by atoms with Gasteiger partial charge in [-0.3, -0.25) is 0 Å². The average molecular weight is 280 g/mol. The maximum absolute atomic E-state index is 6.12. The first kappa shape index (κ1) is 13.0. The maximum atomic E-state index is 6.12. The highest BCUT2D eigenvalue weighted by atomic mass is 32.2. The van der Waals surface area contributed by atoms with Crippen LogP contribution < -0.4 is 5.84 Å². The molecule has 2 N–H and O–H groups in total. The first-order valence-corrected chi connectivity index (χ1v) is 7.88. The zero-order valence-electron chi connectivity index (χ0n) is 11.0. The Morgan fingerprint density at radius 3 is 2.95 bits per heavy atom. The Bertz CT molecular complexity index is 453. The van der Waals surface area contributed by atoms with Crippen molar-refractivity contribution < 1.29 is 4.74 Å². The minimum atomic E-state index is 0.0162. The molecule has 104 valence electrons. The molecule has 0 saturated carbocycles. The Hall–Kier alpha value is -1.01. The summed E-state index contributed by atoms with van der Waals surface area (Å²) < 4.78 is 7.34. The van der Waals surface area contributed by atoms with Crippen LogP contribution in [0.25, 0.3) is 0 Å². The molecular formula is C13H20N4OS. The van der Waals surface area contributed by atoms with Gasteiger partial charge >= 0.3 is 0 Å². The van der Waals surface area contributed by atoms with Crippen molar-refractivity contribution in [1.82, 2.24) is 14.9 Å². The molecular weight excluding hydrogens is 260 g/mol. The van der Waals surface area contributed by atoms with E-state index in [2.05, 4.69) is 22.3 Å². The lowest BCUT2D eigenvalue weighted by molar-refractivity contribution is 0.00780. The van der Waals surface area contributed by atoms with Crippen LogP contribution >= 0.6 is 11.8 Å². The highest BCUT2D eigenvalue weighted by Crippen LogP contribution is 2.31. The second-order valence-corrected chi connectivity index (χ2v) is 6.29. The minimum absolute atomic E-state index is 0.0162. The van der Waals surface area contributed by atoms with E-state index >= 15 is 0 Å². The third-order valence-corrected chi connectivity index (χ3v) is 4.81. The van der Waals surface area contributed by atoms with Crippen LogP contribution in [0.3, 0.4) is 0 Å². The lowest BCUT2D eigenvalue weighted by atomic mass is 10.1. The molecule has 3 rings (SSSR count). The number of hydrogen-bond acceptors (Lipinski definition) is 5. The maximum Gasteiger partial charge on any atom is 0.210 e. The van der Waals surface area contributed by atoms with Crippen molar-refractivity contribution in [3.8, 4) is 0 Å². The molecule has 2 heterocycles. The third-order valence-electron chi connectivity index (χ3n) is 3.63. The van der Waals surface area contributed by atoms with E-state index < -0.39 is 0 Å². The van der Waals surface area contributed by atoms with Gasteiger partial charge in [-0.05, 0) is 38.5 Å². The largest absolute Gasteiger partial charge is 0.370 e. The molecule has 1 aliphatic carbocycles. The van der Waals surface area contributed by atoms with Crippen molar-refractivity contribution >= 4 is 11.8 Å². The number of nitrogens with zero attached hydrogens (tertiary/aromatic N) is 3. The van der Waals surface area contributed by atoms with Gasteiger partial charge in [0.15, 0.2) is 5.82 Å².